The van der Waals surface area contributed by atoms with Crippen LogP contribution in [-0.4, -0.2) is 11.1 Å². The van der Waals surface area contributed by atoms with Crippen molar-refractivity contribution in [2.45, 2.75) is 26.7 Å². The molecule has 0 bridgehead atoms. The molecule has 0 aliphatic carbocycles. The molecule has 0 aromatic heterocycles. The van der Waals surface area contributed by atoms with Crippen LogP contribution in [0.5, 0.6) is 0 Å². The van der Waals surface area contributed by atoms with Crippen molar-refractivity contribution in [1.29, 1.82) is 0 Å². The fourth-order valence-corrected chi connectivity index (χ4v) is 0.771. The van der Waals surface area contributed by atoms with E-state index in [2.05, 4.69) is 0 Å². The summed E-state index contributed by atoms with van der Waals surface area (Å²) in [6.45, 7) is 4.04. The van der Waals surface area contributed by atoms with Crippen LogP contribution in [0.25, 0.3) is 0 Å². The van der Waals surface area contributed by atoms with E-state index in [-0.39, 0.29) is 0 Å². The van der Waals surface area contributed by atoms with Gasteiger partial charge in [0.1, 0.15) is 0 Å². The second-order valence-electron chi connectivity index (χ2n) is 2.21. The molecule has 0 amide bonds. The number of carboxylic acids is 1. The zero-order valence-corrected chi connectivity index (χ0v) is 7.00. The third-order valence-corrected chi connectivity index (χ3v) is 1.31. The standard InChI is InChI=1S/C9H14O2/c1-3-5-8(4-2)6-7-9(10)11/h5-7H,3-4H2,1-2H3,(H,10,11)/b7-6+,8-5+. The van der Waals surface area contributed by atoms with Crippen LogP contribution in [0, 0.1) is 0 Å². The highest BCUT2D eigenvalue weighted by atomic mass is 16.4. The van der Waals surface area contributed by atoms with E-state index < -0.39 is 5.97 Å². The Bertz CT molecular complexity index is 178. The average Bonchev–Trinajstić information content (AvgIpc) is 1.97. The van der Waals surface area contributed by atoms with E-state index in [1.165, 1.54) is 6.08 Å². The van der Waals surface area contributed by atoms with Crippen LogP contribution in [0.1, 0.15) is 26.7 Å². The van der Waals surface area contributed by atoms with Gasteiger partial charge in [0.25, 0.3) is 0 Å². The van der Waals surface area contributed by atoms with E-state index in [0.717, 1.165) is 18.4 Å². The van der Waals surface area contributed by atoms with Crippen LogP contribution < -0.4 is 0 Å². The molecular formula is C9H14O2. The van der Waals surface area contributed by atoms with Crippen LogP contribution >= 0.6 is 0 Å². The van der Waals surface area contributed by atoms with Gasteiger partial charge in [0.2, 0.25) is 0 Å². The molecule has 0 heterocycles. The fourth-order valence-electron chi connectivity index (χ4n) is 0.771. The zero-order valence-electron chi connectivity index (χ0n) is 7.00. The molecule has 0 rings (SSSR count). The first-order valence-corrected chi connectivity index (χ1v) is 3.80. The Kier molecular flexibility index (Phi) is 5.17. The molecule has 0 unspecified atom stereocenters. The van der Waals surface area contributed by atoms with Gasteiger partial charge in [-0.2, -0.15) is 0 Å². The molecule has 0 spiro atoms. The van der Waals surface area contributed by atoms with Gasteiger partial charge in [0.05, 0.1) is 0 Å². The third-order valence-electron chi connectivity index (χ3n) is 1.31. The van der Waals surface area contributed by atoms with Crippen LogP contribution in [-0.2, 0) is 4.79 Å². The summed E-state index contributed by atoms with van der Waals surface area (Å²) < 4.78 is 0. The quantitative estimate of drug-likeness (QED) is 0.498. The van der Waals surface area contributed by atoms with Crippen LogP contribution in [0.15, 0.2) is 23.8 Å². The Morgan fingerprint density at radius 1 is 1.36 bits per heavy atom. The largest absolute Gasteiger partial charge is 0.478 e. The van der Waals surface area contributed by atoms with Crippen LogP contribution in [0.4, 0.5) is 0 Å². The summed E-state index contributed by atoms with van der Waals surface area (Å²) in [5.41, 5.74) is 1.08. The van der Waals surface area contributed by atoms with Crippen molar-refractivity contribution in [3.05, 3.63) is 23.8 Å². The number of carbonyl (C=O) groups is 1. The van der Waals surface area contributed by atoms with E-state index >= 15 is 0 Å². The predicted octanol–water partition coefficient (Wildman–Crippen LogP) is 2.37. The van der Waals surface area contributed by atoms with E-state index in [9.17, 15) is 4.79 Å². The lowest BCUT2D eigenvalue weighted by molar-refractivity contribution is -0.131. The smallest absolute Gasteiger partial charge is 0.328 e. The first kappa shape index (κ1) is 9.95. The highest BCUT2D eigenvalue weighted by Crippen LogP contribution is 2.03. The van der Waals surface area contributed by atoms with Crippen molar-refractivity contribution in [2.75, 3.05) is 0 Å². The Morgan fingerprint density at radius 2 is 2.00 bits per heavy atom. The van der Waals surface area contributed by atoms with Crippen molar-refractivity contribution >= 4 is 5.97 Å². The van der Waals surface area contributed by atoms with Gasteiger partial charge >= 0.3 is 5.97 Å². The molecular weight excluding hydrogens is 140 g/mol. The molecule has 0 aromatic carbocycles. The molecule has 0 aliphatic heterocycles. The predicted molar refractivity (Wildman–Crippen MR) is 45.4 cm³/mol. The first-order chi connectivity index (χ1) is 5.20. The minimum Gasteiger partial charge on any atom is -0.478 e. The summed E-state index contributed by atoms with van der Waals surface area (Å²) in [5.74, 6) is -0.888. The third kappa shape index (κ3) is 5.40. The second-order valence-corrected chi connectivity index (χ2v) is 2.21. The summed E-state index contributed by atoms with van der Waals surface area (Å²) in [6.07, 6.45) is 6.68. The van der Waals surface area contributed by atoms with Crippen molar-refractivity contribution < 1.29 is 9.90 Å². The van der Waals surface area contributed by atoms with Crippen molar-refractivity contribution in [1.82, 2.24) is 0 Å². The summed E-state index contributed by atoms with van der Waals surface area (Å²) in [4.78, 5) is 10.1. The Labute approximate surface area is 67.2 Å². The SMILES string of the molecule is CC/C=C(/C=C/C(=O)O)CC. The number of carboxylic acid groups (broad SMARTS) is 1. The number of allylic oxidation sites excluding steroid dienone is 3. The number of aliphatic carboxylic acids is 1. The lowest BCUT2D eigenvalue weighted by Gasteiger charge is -1.93. The minimum atomic E-state index is -0.888. The topological polar surface area (TPSA) is 37.3 Å². The highest BCUT2D eigenvalue weighted by molar-refractivity contribution is 5.80. The maximum Gasteiger partial charge on any atom is 0.328 e. The summed E-state index contributed by atoms with van der Waals surface area (Å²) in [6, 6.07) is 0. The molecule has 0 atom stereocenters. The van der Waals surface area contributed by atoms with Gasteiger partial charge in [-0.15, -0.1) is 0 Å². The molecule has 0 aliphatic rings. The molecule has 2 nitrogen and oxygen atoms in total. The zero-order chi connectivity index (χ0) is 8.69. The second kappa shape index (κ2) is 5.71. The van der Waals surface area contributed by atoms with Gasteiger partial charge in [0, 0.05) is 6.08 Å². The van der Waals surface area contributed by atoms with Gasteiger partial charge in [-0.05, 0) is 12.8 Å². The Morgan fingerprint density at radius 3 is 2.36 bits per heavy atom. The molecule has 0 saturated carbocycles. The lowest BCUT2D eigenvalue weighted by atomic mass is 10.1. The average molecular weight is 154 g/mol. The molecule has 2 heteroatoms. The molecule has 62 valence electrons. The van der Waals surface area contributed by atoms with Crippen molar-refractivity contribution in [2.24, 2.45) is 0 Å². The molecule has 0 radical (unpaired) electrons. The summed E-state index contributed by atoms with van der Waals surface area (Å²) >= 11 is 0. The van der Waals surface area contributed by atoms with E-state index in [4.69, 9.17) is 5.11 Å². The lowest BCUT2D eigenvalue weighted by Crippen LogP contribution is -1.86. The number of hydrogen-bond donors (Lipinski definition) is 1. The summed E-state index contributed by atoms with van der Waals surface area (Å²) in [7, 11) is 0. The van der Waals surface area contributed by atoms with Gasteiger partial charge < -0.3 is 5.11 Å². The maximum absolute atomic E-state index is 10.1. The maximum atomic E-state index is 10.1. The molecule has 0 fully saturated rings. The van der Waals surface area contributed by atoms with Gasteiger partial charge in [-0.1, -0.05) is 31.6 Å². The minimum absolute atomic E-state index is 0.887. The van der Waals surface area contributed by atoms with Crippen LogP contribution in [0.3, 0.4) is 0 Å². The number of rotatable bonds is 4. The van der Waals surface area contributed by atoms with E-state index in [0.29, 0.717) is 0 Å². The van der Waals surface area contributed by atoms with E-state index in [1.807, 2.05) is 19.9 Å². The van der Waals surface area contributed by atoms with Gasteiger partial charge in [-0.3, -0.25) is 0 Å². The summed E-state index contributed by atoms with van der Waals surface area (Å²) in [5, 5.41) is 8.31. The van der Waals surface area contributed by atoms with Crippen molar-refractivity contribution in [3.8, 4) is 0 Å². The van der Waals surface area contributed by atoms with Crippen molar-refractivity contribution in [3.63, 3.8) is 0 Å². The number of hydrogen-bond acceptors (Lipinski definition) is 1. The van der Waals surface area contributed by atoms with Gasteiger partial charge in [0.15, 0.2) is 0 Å². The highest BCUT2D eigenvalue weighted by Gasteiger charge is 1.88. The molecule has 1 N–H and O–H groups in total. The molecule has 0 aromatic rings. The first-order valence-electron chi connectivity index (χ1n) is 3.80. The van der Waals surface area contributed by atoms with Gasteiger partial charge in [-0.25, -0.2) is 4.79 Å². The molecule has 0 saturated heterocycles. The van der Waals surface area contributed by atoms with Crippen LogP contribution in [0.2, 0.25) is 0 Å². The Balaban J connectivity index is 4.08. The molecule has 11 heavy (non-hydrogen) atoms. The monoisotopic (exact) mass is 154 g/mol. The van der Waals surface area contributed by atoms with E-state index in [1.54, 1.807) is 6.08 Å². The fraction of sp³-hybridized carbons (Fsp3) is 0.444. The Hall–Kier alpha value is -1.05. The normalized spacial score (nSPS) is 12.4.